The van der Waals surface area contributed by atoms with Gasteiger partial charge in [0.25, 0.3) is 5.91 Å². The van der Waals surface area contributed by atoms with E-state index in [9.17, 15) is 14.4 Å². The van der Waals surface area contributed by atoms with Crippen LogP contribution in [-0.4, -0.2) is 44.9 Å². The topological polar surface area (TPSA) is 138 Å². The highest BCUT2D eigenvalue weighted by molar-refractivity contribution is 7.99. The van der Waals surface area contributed by atoms with Crippen molar-refractivity contribution >= 4 is 45.9 Å². The molecule has 0 unspecified atom stereocenters. The number of nitrogens with two attached hydrogens (primary N) is 1. The first-order valence-corrected chi connectivity index (χ1v) is 13.3. The number of thioether (sulfide) groups is 1. The average molecular weight is 532 g/mol. The summed E-state index contributed by atoms with van der Waals surface area (Å²) in [5, 5.41) is 11.9. The molecular weight excluding hydrogens is 502 g/mol. The summed E-state index contributed by atoms with van der Waals surface area (Å²) in [6, 6.07) is 7.89. The van der Waals surface area contributed by atoms with E-state index in [2.05, 4.69) is 22.4 Å². The molecule has 0 fully saturated rings. The van der Waals surface area contributed by atoms with Gasteiger partial charge in [-0.05, 0) is 50.5 Å². The van der Waals surface area contributed by atoms with E-state index in [1.54, 1.807) is 13.8 Å². The van der Waals surface area contributed by atoms with Crippen molar-refractivity contribution in [2.24, 2.45) is 5.73 Å². The van der Waals surface area contributed by atoms with Gasteiger partial charge in [0.1, 0.15) is 17.4 Å². The molecule has 0 bridgehead atoms. The van der Waals surface area contributed by atoms with Crippen LogP contribution >= 0.6 is 23.1 Å². The van der Waals surface area contributed by atoms with Gasteiger partial charge in [0.2, 0.25) is 5.91 Å². The second-order valence-electron chi connectivity index (χ2n) is 7.61. The minimum Gasteiger partial charge on any atom is -0.486 e. The summed E-state index contributed by atoms with van der Waals surface area (Å²) in [4.78, 5) is 37.1. The molecule has 0 radical (unpaired) electrons. The molecule has 10 nitrogen and oxygen atoms in total. The van der Waals surface area contributed by atoms with Crippen LogP contribution in [0.25, 0.3) is 0 Å². The number of nitrogens with zero attached hydrogens (tertiary/aromatic N) is 3. The minimum absolute atomic E-state index is 0.0165. The number of esters is 1. The molecule has 0 aliphatic rings. The monoisotopic (exact) mass is 531 g/mol. The molecule has 2 amide bonds. The van der Waals surface area contributed by atoms with E-state index in [4.69, 9.17) is 15.2 Å². The quantitative estimate of drug-likeness (QED) is 0.266. The molecule has 0 saturated heterocycles. The summed E-state index contributed by atoms with van der Waals surface area (Å²) in [6.45, 7) is 8.33. The van der Waals surface area contributed by atoms with Crippen molar-refractivity contribution in [2.75, 3.05) is 17.7 Å². The van der Waals surface area contributed by atoms with Crippen LogP contribution in [0, 0.1) is 6.92 Å². The lowest BCUT2D eigenvalue weighted by Gasteiger charge is -2.09. The average Bonchev–Trinajstić information content (AvgIpc) is 3.41. The molecule has 3 N–H and O–H groups in total. The van der Waals surface area contributed by atoms with Gasteiger partial charge in [-0.3, -0.25) is 9.59 Å². The lowest BCUT2D eigenvalue weighted by Crippen LogP contribution is -2.17. The fraction of sp³-hybridized carbons (Fsp3) is 0.375. The van der Waals surface area contributed by atoms with Crippen molar-refractivity contribution < 1.29 is 23.9 Å². The van der Waals surface area contributed by atoms with Crippen molar-refractivity contribution in [3.8, 4) is 5.75 Å². The zero-order valence-corrected chi connectivity index (χ0v) is 22.3. The number of ether oxygens (including phenoxy) is 2. The third-order valence-electron chi connectivity index (χ3n) is 5.24. The van der Waals surface area contributed by atoms with Gasteiger partial charge in [-0.15, -0.1) is 21.5 Å². The Bertz CT molecular complexity index is 1240. The third kappa shape index (κ3) is 6.43. The summed E-state index contributed by atoms with van der Waals surface area (Å²) in [6.07, 6.45) is 0.959. The maximum Gasteiger partial charge on any atom is 0.341 e. The van der Waals surface area contributed by atoms with Gasteiger partial charge in [0.15, 0.2) is 11.0 Å². The van der Waals surface area contributed by atoms with Gasteiger partial charge in [0, 0.05) is 6.54 Å². The first-order chi connectivity index (χ1) is 17.3. The number of hydrogen-bond acceptors (Lipinski definition) is 9. The van der Waals surface area contributed by atoms with E-state index in [1.807, 2.05) is 35.8 Å². The van der Waals surface area contributed by atoms with Crippen molar-refractivity contribution in [1.82, 2.24) is 14.8 Å². The van der Waals surface area contributed by atoms with Crippen LogP contribution in [0.15, 0.2) is 29.4 Å². The predicted octanol–water partition coefficient (Wildman–Crippen LogP) is 3.82. The van der Waals surface area contributed by atoms with E-state index in [-0.39, 0.29) is 40.3 Å². The van der Waals surface area contributed by atoms with Crippen LogP contribution in [0.1, 0.15) is 57.8 Å². The summed E-state index contributed by atoms with van der Waals surface area (Å²) in [5.74, 6) is -0.272. The minimum atomic E-state index is -0.676. The fourth-order valence-electron chi connectivity index (χ4n) is 3.40. The highest BCUT2D eigenvalue weighted by Crippen LogP contribution is 2.34. The molecule has 3 aromatic rings. The number of amides is 2. The van der Waals surface area contributed by atoms with Crippen LogP contribution in [0.3, 0.4) is 0 Å². The predicted molar refractivity (Wildman–Crippen MR) is 139 cm³/mol. The van der Waals surface area contributed by atoms with Gasteiger partial charge in [-0.25, -0.2) is 4.79 Å². The summed E-state index contributed by atoms with van der Waals surface area (Å²) >= 11 is 2.16. The van der Waals surface area contributed by atoms with Crippen LogP contribution in [0.5, 0.6) is 5.75 Å². The van der Waals surface area contributed by atoms with Crippen LogP contribution in [0.2, 0.25) is 0 Å². The second-order valence-corrected chi connectivity index (χ2v) is 9.57. The number of aromatic nitrogens is 3. The van der Waals surface area contributed by atoms with Crippen molar-refractivity contribution in [2.45, 2.75) is 52.4 Å². The third-order valence-corrected chi connectivity index (χ3v) is 7.43. The molecule has 0 atom stereocenters. The largest absolute Gasteiger partial charge is 0.486 e. The molecule has 3 rings (SSSR count). The van der Waals surface area contributed by atoms with Crippen LogP contribution in [0.4, 0.5) is 5.00 Å². The first-order valence-electron chi connectivity index (χ1n) is 11.5. The smallest absolute Gasteiger partial charge is 0.341 e. The Labute approximate surface area is 217 Å². The van der Waals surface area contributed by atoms with Crippen molar-refractivity contribution in [1.29, 1.82) is 0 Å². The Morgan fingerprint density at radius 1 is 1.14 bits per heavy atom. The summed E-state index contributed by atoms with van der Waals surface area (Å²) in [7, 11) is 0. The number of rotatable bonds is 12. The number of hydrogen-bond donors (Lipinski definition) is 2. The van der Waals surface area contributed by atoms with E-state index >= 15 is 0 Å². The van der Waals surface area contributed by atoms with Crippen LogP contribution in [-0.2, 0) is 29.1 Å². The lowest BCUT2D eigenvalue weighted by molar-refractivity contribution is -0.113. The summed E-state index contributed by atoms with van der Waals surface area (Å²) < 4.78 is 12.8. The molecule has 192 valence electrons. The van der Waals surface area contributed by atoms with Gasteiger partial charge in [-0.2, -0.15) is 0 Å². The number of anilines is 1. The van der Waals surface area contributed by atoms with Crippen LogP contribution < -0.4 is 15.8 Å². The molecule has 36 heavy (non-hydrogen) atoms. The number of primary amides is 1. The maximum absolute atomic E-state index is 12.7. The number of aryl methyl sites for hydroxylation is 1. The number of nitrogens with one attached hydrogen (secondary N) is 1. The van der Waals surface area contributed by atoms with Gasteiger partial charge < -0.3 is 25.1 Å². The fourth-order valence-corrected chi connectivity index (χ4v) is 5.28. The maximum atomic E-state index is 12.7. The lowest BCUT2D eigenvalue weighted by atomic mass is 10.1. The highest BCUT2D eigenvalue weighted by Gasteiger charge is 2.26. The highest BCUT2D eigenvalue weighted by atomic mass is 32.2. The molecule has 2 aromatic heterocycles. The Morgan fingerprint density at radius 3 is 2.47 bits per heavy atom. The van der Waals surface area contributed by atoms with Gasteiger partial charge in [0.05, 0.1) is 22.8 Å². The van der Waals surface area contributed by atoms with E-state index in [0.717, 1.165) is 23.5 Å². The molecule has 1 aromatic carbocycles. The zero-order valence-electron chi connectivity index (χ0n) is 20.6. The molecule has 2 heterocycles. The number of thiophene rings is 1. The van der Waals surface area contributed by atoms with Crippen molar-refractivity contribution in [3.05, 3.63) is 51.7 Å². The molecule has 0 aliphatic heterocycles. The van der Waals surface area contributed by atoms with Gasteiger partial charge in [-0.1, -0.05) is 30.8 Å². The Morgan fingerprint density at radius 2 is 1.86 bits per heavy atom. The van der Waals surface area contributed by atoms with E-state index in [0.29, 0.717) is 23.1 Å². The molecule has 0 aliphatic carbocycles. The molecular formula is C24H29N5O5S2. The Hall–Kier alpha value is -3.38. The summed E-state index contributed by atoms with van der Waals surface area (Å²) in [5.41, 5.74) is 7.17. The second kappa shape index (κ2) is 12.5. The molecule has 0 saturated carbocycles. The standard InChI is InChI=1S/C24H29N5O5S2/c1-5-15-8-10-16(11-9-15)34-12-17-27-28-24(29(17)6-2)35-13-18(30)26-22-19(23(32)33-7-3)14(4)20(36-22)21(25)31/h8-11H,5-7,12-13H2,1-4H3,(H2,25,31)(H,26,30). The SMILES string of the molecule is CCOC(=O)c1c(NC(=O)CSc2nnc(COc3ccc(CC)cc3)n2CC)sc(C(N)=O)c1C. The Balaban J connectivity index is 1.66. The molecule has 0 spiro atoms. The van der Waals surface area contributed by atoms with E-state index in [1.165, 1.54) is 17.3 Å². The normalized spacial score (nSPS) is 10.8. The van der Waals surface area contributed by atoms with Crippen molar-refractivity contribution in [3.63, 3.8) is 0 Å². The van der Waals surface area contributed by atoms with Gasteiger partial charge >= 0.3 is 5.97 Å². The molecule has 12 heteroatoms. The number of carbonyl (C=O) groups excluding carboxylic acids is 3. The number of benzene rings is 1. The Kier molecular flexibility index (Phi) is 9.48. The first kappa shape index (κ1) is 27.2. The van der Waals surface area contributed by atoms with E-state index < -0.39 is 11.9 Å². The number of carbonyl (C=O) groups is 3. The zero-order chi connectivity index (χ0) is 26.2.